The topological polar surface area (TPSA) is 34.4 Å². The fourth-order valence-corrected chi connectivity index (χ4v) is 4.45. The summed E-state index contributed by atoms with van der Waals surface area (Å²) in [6.45, 7) is 2.05. The lowest BCUT2D eigenvalue weighted by molar-refractivity contribution is 1.15. The number of nitrogens with zero attached hydrogens (tertiary/aromatic N) is 2. The second kappa shape index (κ2) is 7.15. The number of imidazole rings is 1. The van der Waals surface area contributed by atoms with Gasteiger partial charge < -0.3 is 0 Å². The first-order valence-electron chi connectivity index (χ1n) is 9.45. The van der Waals surface area contributed by atoms with E-state index in [1.54, 1.807) is 4.40 Å². The monoisotopic (exact) mass is 394 g/mol. The van der Waals surface area contributed by atoms with Crippen LogP contribution in [0.1, 0.15) is 11.1 Å². The fourth-order valence-electron chi connectivity index (χ4n) is 3.47. The molecule has 0 spiro atoms. The molecule has 0 bridgehead atoms. The molecule has 29 heavy (non-hydrogen) atoms. The van der Waals surface area contributed by atoms with E-state index in [0.29, 0.717) is 9.49 Å². The molecular formula is C25H18N2OS. The summed E-state index contributed by atoms with van der Waals surface area (Å²) in [5.74, 6) is 0. The van der Waals surface area contributed by atoms with Crippen LogP contribution < -0.4 is 10.1 Å². The largest absolute Gasteiger partial charge is 0.274 e. The van der Waals surface area contributed by atoms with Crippen molar-refractivity contribution in [3.63, 3.8) is 0 Å². The summed E-state index contributed by atoms with van der Waals surface area (Å²) in [4.78, 5) is 18.9. The maximum atomic E-state index is 13.3. The lowest BCUT2D eigenvalue weighted by Gasteiger charge is -2.04. The Morgan fingerprint density at radius 2 is 1.45 bits per heavy atom. The van der Waals surface area contributed by atoms with E-state index in [4.69, 9.17) is 4.98 Å². The molecule has 2 aromatic heterocycles. The summed E-state index contributed by atoms with van der Waals surface area (Å²) in [6.07, 6.45) is 1.94. The van der Waals surface area contributed by atoms with Gasteiger partial charge in [-0.15, -0.1) is 0 Å². The van der Waals surface area contributed by atoms with Crippen molar-refractivity contribution in [3.8, 4) is 22.5 Å². The molecular weight excluding hydrogens is 376 g/mol. The third-order valence-electron chi connectivity index (χ3n) is 4.93. The van der Waals surface area contributed by atoms with Crippen LogP contribution in [0.25, 0.3) is 33.6 Å². The van der Waals surface area contributed by atoms with Gasteiger partial charge in [-0.2, -0.15) is 0 Å². The number of rotatable bonds is 3. The van der Waals surface area contributed by atoms with Gasteiger partial charge in [0.25, 0.3) is 5.56 Å². The molecule has 0 radical (unpaired) electrons. The maximum Gasteiger partial charge on any atom is 0.274 e. The highest BCUT2D eigenvalue weighted by molar-refractivity contribution is 7.15. The van der Waals surface area contributed by atoms with Crippen molar-refractivity contribution in [1.82, 2.24) is 9.38 Å². The van der Waals surface area contributed by atoms with Gasteiger partial charge in [0.1, 0.15) is 0 Å². The second-order valence-electron chi connectivity index (χ2n) is 6.99. The Labute approximate surface area is 172 Å². The van der Waals surface area contributed by atoms with Gasteiger partial charge >= 0.3 is 0 Å². The Bertz CT molecular complexity index is 1400. The van der Waals surface area contributed by atoms with E-state index in [9.17, 15) is 4.79 Å². The minimum atomic E-state index is -0.0286. The van der Waals surface area contributed by atoms with Crippen molar-refractivity contribution in [2.75, 3.05) is 0 Å². The van der Waals surface area contributed by atoms with E-state index in [1.165, 1.54) is 16.9 Å². The van der Waals surface area contributed by atoms with E-state index in [-0.39, 0.29) is 5.56 Å². The van der Waals surface area contributed by atoms with Gasteiger partial charge in [-0.05, 0) is 18.6 Å². The molecule has 3 nitrogen and oxygen atoms in total. The standard InChI is InChI=1S/C25H18N2OS/c1-17-12-14-18(15-13-17)16-21-24(28)27-23(20-10-6-3-7-11-20)22(26-25(27)29-21)19-8-4-2-5-9-19/h2-16H,1H3/b21-16-. The van der Waals surface area contributed by atoms with Gasteiger partial charge in [0.05, 0.1) is 15.9 Å². The van der Waals surface area contributed by atoms with Crippen molar-refractivity contribution in [3.05, 3.63) is 111 Å². The third kappa shape index (κ3) is 3.18. The molecule has 0 aliphatic heterocycles. The predicted octanol–water partition coefficient (Wildman–Crippen LogP) is 4.95. The number of fused-ring (bicyclic) bond motifs is 1. The summed E-state index contributed by atoms with van der Waals surface area (Å²) in [5, 5.41) is 0. The van der Waals surface area contributed by atoms with Crippen molar-refractivity contribution < 1.29 is 0 Å². The van der Waals surface area contributed by atoms with Crippen LogP contribution in [0.3, 0.4) is 0 Å². The molecule has 140 valence electrons. The molecule has 0 fully saturated rings. The van der Waals surface area contributed by atoms with E-state index in [1.807, 2.05) is 78.9 Å². The smallest absolute Gasteiger partial charge is 0.267 e. The van der Waals surface area contributed by atoms with Crippen molar-refractivity contribution in [2.45, 2.75) is 6.92 Å². The molecule has 0 saturated heterocycles. The summed E-state index contributed by atoms with van der Waals surface area (Å²) in [5.41, 5.74) is 5.85. The van der Waals surface area contributed by atoms with E-state index >= 15 is 0 Å². The Balaban J connectivity index is 1.79. The average Bonchev–Trinajstić information content (AvgIpc) is 3.28. The SMILES string of the molecule is Cc1ccc(/C=c2\sc3nc(-c4ccccc4)c(-c4ccccc4)n3c2=O)cc1. The summed E-state index contributed by atoms with van der Waals surface area (Å²) < 4.78 is 2.44. The van der Waals surface area contributed by atoms with Crippen LogP contribution in [0, 0.1) is 6.92 Å². The zero-order valence-corrected chi connectivity index (χ0v) is 16.7. The van der Waals surface area contributed by atoms with Gasteiger partial charge in [-0.25, -0.2) is 9.38 Å². The van der Waals surface area contributed by atoms with Crippen LogP contribution in [0.15, 0.2) is 89.7 Å². The van der Waals surface area contributed by atoms with E-state index in [0.717, 1.165) is 28.1 Å². The number of aromatic nitrogens is 2. The normalized spacial score (nSPS) is 12.0. The molecule has 0 saturated carbocycles. The number of benzene rings is 3. The van der Waals surface area contributed by atoms with E-state index in [2.05, 4.69) is 19.1 Å². The van der Waals surface area contributed by atoms with Crippen molar-refractivity contribution >= 4 is 22.4 Å². The number of hydrogen-bond donors (Lipinski definition) is 0. The van der Waals surface area contributed by atoms with Gasteiger partial charge in [0, 0.05) is 11.1 Å². The molecule has 5 aromatic rings. The maximum absolute atomic E-state index is 13.3. The predicted molar refractivity (Wildman–Crippen MR) is 120 cm³/mol. The molecule has 5 rings (SSSR count). The molecule has 0 amide bonds. The molecule has 2 heterocycles. The highest BCUT2D eigenvalue weighted by Gasteiger charge is 2.19. The number of thiazole rings is 1. The van der Waals surface area contributed by atoms with Crippen LogP contribution in [0.5, 0.6) is 0 Å². The minimum absolute atomic E-state index is 0.0286. The summed E-state index contributed by atoms with van der Waals surface area (Å²) in [7, 11) is 0. The Kier molecular flexibility index (Phi) is 4.34. The summed E-state index contributed by atoms with van der Waals surface area (Å²) >= 11 is 1.43. The average molecular weight is 394 g/mol. The minimum Gasteiger partial charge on any atom is -0.267 e. The molecule has 0 atom stereocenters. The van der Waals surface area contributed by atoms with Gasteiger partial charge in [0.2, 0.25) is 0 Å². The van der Waals surface area contributed by atoms with Crippen LogP contribution >= 0.6 is 11.3 Å². The van der Waals surface area contributed by atoms with Crippen LogP contribution in [-0.2, 0) is 0 Å². The third-order valence-corrected chi connectivity index (χ3v) is 5.90. The van der Waals surface area contributed by atoms with Crippen LogP contribution in [0.2, 0.25) is 0 Å². The quantitative estimate of drug-likeness (QED) is 0.434. The Hall–Kier alpha value is -3.50. The fraction of sp³-hybridized carbons (Fsp3) is 0.0400. The molecule has 0 N–H and O–H groups in total. The first-order chi connectivity index (χ1) is 14.2. The zero-order chi connectivity index (χ0) is 19.8. The number of aryl methyl sites for hydroxylation is 1. The van der Waals surface area contributed by atoms with Crippen LogP contribution in [-0.4, -0.2) is 9.38 Å². The van der Waals surface area contributed by atoms with Crippen molar-refractivity contribution in [2.24, 2.45) is 0 Å². The first kappa shape index (κ1) is 17.6. The highest BCUT2D eigenvalue weighted by atomic mass is 32.1. The zero-order valence-electron chi connectivity index (χ0n) is 15.9. The first-order valence-corrected chi connectivity index (χ1v) is 10.3. The van der Waals surface area contributed by atoms with Crippen LogP contribution in [0.4, 0.5) is 0 Å². The molecule has 4 heteroatoms. The highest BCUT2D eigenvalue weighted by Crippen LogP contribution is 2.32. The second-order valence-corrected chi connectivity index (χ2v) is 7.99. The van der Waals surface area contributed by atoms with Gasteiger partial charge in [0.15, 0.2) is 4.96 Å². The summed E-state index contributed by atoms with van der Waals surface area (Å²) in [6, 6.07) is 28.2. The lowest BCUT2D eigenvalue weighted by Crippen LogP contribution is -2.23. The molecule has 0 unspecified atom stereocenters. The van der Waals surface area contributed by atoms with Crippen molar-refractivity contribution in [1.29, 1.82) is 0 Å². The Morgan fingerprint density at radius 3 is 2.10 bits per heavy atom. The number of hydrogen-bond acceptors (Lipinski definition) is 3. The lowest BCUT2D eigenvalue weighted by atomic mass is 10.1. The van der Waals surface area contributed by atoms with E-state index < -0.39 is 0 Å². The van der Waals surface area contributed by atoms with Gasteiger partial charge in [-0.1, -0.05) is 102 Å². The van der Waals surface area contributed by atoms with Gasteiger partial charge in [-0.3, -0.25) is 4.79 Å². The molecule has 0 aliphatic rings. The molecule has 0 aliphatic carbocycles. The molecule has 3 aromatic carbocycles. The Morgan fingerprint density at radius 1 is 0.828 bits per heavy atom.